The first-order valence-electron chi connectivity index (χ1n) is 9.49. The Morgan fingerprint density at radius 3 is 2.77 bits per heavy atom. The van der Waals surface area contributed by atoms with Gasteiger partial charge in [0.1, 0.15) is 5.82 Å². The van der Waals surface area contributed by atoms with Crippen LogP contribution in [0.2, 0.25) is 0 Å². The van der Waals surface area contributed by atoms with Gasteiger partial charge in [-0.3, -0.25) is 4.79 Å². The van der Waals surface area contributed by atoms with Gasteiger partial charge in [0.2, 0.25) is 0 Å². The number of carbonyl (C=O) groups excluding carboxylic acids is 1. The minimum absolute atomic E-state index is 0.0741. The molecule has 2 N–H and O–H groups in total. The molecule has 1 amide bonds. The number of nitrogens with one attached hydrogen (secondary N) is 2. The van der Waals surface area contributed by atoms with Gasteiger partial charge in [0.05, 0.1) is 5.56 Å². The summed E-state index contributed by atoms with van der Waals surface area (Å²) in [7, 11) is 0. The average Bonchev–Trinajstić information content (AvgIpc) is 3.15. The van der Waals surface area contributed by atoms with E-state index < -0.39 is 0 Å². The second-order valence-electron chi connectivity index (χ2n) is 7.46. The predicted octanol–water partition coefficient (Wildman–Crippen LogP) is 2.85. The van der Waals surface area contributed by atoms with Gasteiger partial charge in [-0.25, -0.2) is 4.98 Å². The van der Waals surface area contributed by atoms with Gasteiger partial charge in [0.15, 0.2) is 0 Å². The molecule has 0 bridgehead atoms. The van der Waals surface area contributed by atoms with Crippen molar-refractivity contribution in [1.29, 1.82) is 0 Å². The van der Waals surface area contributed by atoms with E-state index in [1.54, 1.807) is 6.20 Å². The molecule has 26 heavy (non-hydrogen) atoms. The molecule has 5 nitrogen and oxygen atoms in total. The van der Waals surface area contributed by atoms with Crippen LogP contribution in [0.4, 0.5) is 5.82 Å². The zero-order chi connectivity index (χ0) is 17.9. The summed E-state index contributed by atoms with van der Waals surface area (Å²) in [5.74, 6) is 1.70. The fourth-order valence-electron chi connectivity index (χ4n) is 3.69. The van der Waals surface area contributed by atoms with E-state index in [0.29, 0.717) is 12.1 Å². The van der Waals surface area contributed by atoms with E-state index in [4.69, 9.17) is 0 Å². The Labute approximate surface area is 154 Å². The minimum Gasteiger partial charge on any atom is -0.357 e. The first-order valence-corrected chi connectivity index (χ1v) is 9.49. The predicted molar refractivity (Wildman–Crippen MR) is 103 cm³/mol. The molecule has 0 atom stereocenters. The summed E-state index contributed by atoms with van der Waals surface area (Å²) in [6.07, 6.45) is 4.11. The topological polar surface area (TPSA) is 57.3 Å². The van der Waals surface area contributed by atoms with Gasteiger partial charge in [-0.2, -0.15) is 0 Å². The molecule has 2 aromatic rings. The van der Waals surface area contributed by atoms with Crippen molar-refractivity contribution in [3.8, 4) is 0 Å². The fourth-order valence-corrected chi connectivity index (χ4v) is 3.69. The first kappa shape index (κ1) is 17.0. The van der Waals surface area contributed by atoms with Gasteiger partial charge in [0.25, 0.3) is 5.91 Å². The van der Waals surface area contributed by atoms with Crippen molar-refractivity contribution in [3.63, 3.8) is 0 Å². The number of nitrogens with zero attached hydrogens (tertiary/aromatic N) is 2. The third-order valence-corrected chi connectivity index (χ3v) is 5.47. The number of aromatic nitrogens is 1. The van der Waals surface area contributed by atoms with Crippen molar-refractivity contribution in [3.05, 3.63) is 58.8 Å². The molecule has 1 fully saturated rings. The number of benzene rings is 1. The zero-order valence-electron chi connectivity index (χ0n) is 15.3. The van der Waals surface area contributed by atoms with E-state index in [2.05, 4.69) is 45.6 Å². The number of carbonyl (C=O) groups is 1. The number of amides is 1. The quantitative estimate of drug-likeness (QED) is 0.890. The lowest BCUT2D eigenvalue weighted by atomic mass is 9.99. The number of hydrogen-bond acceptors (Lipinski definition) is 4. The molecule has 0 radical (unpaired) electrons. The number of rotatable bonds is 4. The van der Waals surface area contributed by atoms with Crippen LogP contribution < -0.4 is 15.5 Å². The van der Waals surface area contributed by atoms with E-state index in [-0.39, 0.29) is 5.91 Å². The van der Waals surface area contributed by atoms with Crippen molar-refractivity contribution >= 4 is 11.7 Å². The Balaban J connectivity index is 1.34. The van der Waals surface area contributed by atoms with Crippen molar-refractivity contribution in [2.75, 3.05) is 18.0 Å². The zero-order valence-corrected chi connectivity index (χ0v) is 15.3. The van der Waals surface area contributed by atoms with Gasteiger partial charge < -0.3 is 15.5 Å². The number of anilines is 1. The lowest BCUT2D eigenvalue weighted by molar-refractivity contribution is 0.0950. The highest BCUT2D eigenvalue weighted by Gasteiger charge is 2.17. The van der Waals surface area contributed by atoms with Crippen LogP contribution in [-0.4, -0.2) is 24.0 Å². The maximum absolute atomic E-state index is 12.4. The molecule has 3 heterocycles. The lowest BCUT2D eigenvalue weighted by Crippen LogP contribution is -2.33. The molecule has 2 aliphatic heterocycles. The monoisotopic (exact) mass is 350 g/mol. The van der Waals surface area contributed by atoms with Crippen LogP contribution in [0, 0.1) is 5.92 Å². The van der Waals surface area contributed by atoms with Crippen molar-refractivity contribution < 1.29 is 4.79 Å². The first-order chi connectivity index (χ1) is 12.7. The van der Waals surface area contributed by atoms with E-state index >= 15 is 0 Å². The Bertz CT molecular complexity index is 779. The van der Waals surface area contributed by atoms with Gasteiger partial charge >= 0.3 is 0 Å². The minimum atomic E-state index is -0.0741. The van der Waals surface area contributed by atoms with Gasteiger partial charge in [-0.1, -0.05) is 25.1 Å². The molecular weight excluding hydrogens is 324 g/mol. The summed E-state index contributed by atoms with van der Waals surface area (Å²) in [5, 5.41) is 6.34. The molecule has 1 aromatic heterocycles. The normalized spacial score (nSPS) is 17.2. The number of piperidine rings is 1. The molecule has 2 aliphatic rings. The molecular formula is C21H26N4O. The summed E-state index contributed by atoms with van der Waals surface area (Å²) in [5.41, 5.74) is 4.43. The number of fused-ring (bicyclic) bond motifs is 1. The SMILES string of the molecule is CC1CCN(c2ccc(C(=O)NCc3ccc4c(c3)CNC4)cn2)CC1. The average molecular weight is 350 g/mol. The van der Waals surface area contributed by atoms with Crippen LogP contribution in [0.5, 0.6) is 0 Å². The van der Waals surface area contributed by atoms with Crippen molar-refractivity contribution in [1.82, 2.24) is 15.6 Å². The summed E-state index contributed by atoms with van der Waals surface area (Å²) in [6, 6.07) is 10.3. The highest BCUT2D eigenvalue weighted by Crippen LogP contribution is 2.21. The van der Waals surface area contributed by atoms with Crippen molar-refractivity contribution in [2.45, 2.75) is 39.4 Å². The van der Waals surface area contributed by atoms with Gasteiger partial charge in [-0.15, -0.1) is 0 Å². The van der Waals surface area contributed by atoms with Crippen LogP contribution in [0.15, 0.2) is 36.5 Å². The largest absolute Gasteiger partial charge is 0.357 e. The maximum atomic E-state index is 12.4. The van der Waals surface area contributed by atoms with E-state index in [1.165, 1.54) is 24.0 Å². The van der Waals surface area contributed by atoms with Crippen LogP contribution in [-0.2, 0) is 19.6 Å². The standard InChI is InChI=1S/C21H26N4O/c1-15-6-8-25(9-7-15)20-5-4-18(14-23-20)21(26)24-11-16-2-3-17-12-22-13-19(17)10-16/h2-5,10,14-15,22H,6-9,11-13H2,1H3,(H,24,26). The van der Waals surface area contributed by atoms with Crippen LogP contribution in [0.1, 0.15) is 46.8 Å². The summed E-state index contributed by atoms with van der Waals surface area (Å²) in [6.45, 7) is 6.79. The van der Waals surface area contributed by atoms with Gasteiger partial charge in [0, 0.05) is 38.9 Å². The highest BCUT2D eigenvalue weighted by molar-refractivity contribution is 5.94. The fraction of sp³-hybridized carbons (Fsp3) is 0.429. The molecule has 0 unspecified atom stereocenters. The Morgan fingerprint density at radius 2 is 2.00 bits per heavy atom. The van der Waals surface area contributed by atoms with E-state index in [9.17, 15) is 4.79 Å². The molecule has 0 saturated carbocycles. The van der Waals surface area contributed by atoms with Crippen molar-refractivity contribution in [2.24, 2.45) is 5.92 Å². The third kappa shape index (κ3) is 3.73. The van der Waals surface area contributed by atoms with Crippen LogP contribution in [0.25, 0.3) is 0 Å². The second kappa shape index (κ2) is 7.46. The maximum Gasteiger partial charge on any atom is 0.253 e. The molecule has 4 rings (SSSR count). The lowest BCUT2D eigenvalue weighted by Gasteiger charge is -2.31. The molecule has 0 spiro atoms. The summed E-state index contributed by atoms with van der Waals surface area (Å²) >= 11 is 0. The Kier molecular flexibility index (Phi) is 4.89. The number of pyridine rings is 1. The molecule has 0 aliphatic carbocycles. The van der Waals surface area contributed by atoms with E-state index in [1.807, 2.05) is 12.1 Å². The van der Waals surface area contributed by atoms with E-state index in [0.717, 1.165) is 43.5 Å². The second-order valence-corrected chi connectivity index (χ2v) is 7.46. The van der Waals surface area contributed by atoms with Crippen LogP contribution >= 0.6 is 0 Å². The highest BCUT2D eigenvalue weighted by atomic mass is 16.1. The third-order valence-electron chi connectivity index (χ3n) is 5.47. The smallest absolute Gasteiger partial charge is 0.253 e. The molecule has 136 valence electrons. The molecule has 1 aromatic carbocycles. The van der Waals surface area contributed by atoms with Gasteiger partial charge in [-0.05, 0) is 47.6 Å². The summed E-state index contributed by atoms with van der Waals surface area (Å²) < 4.78 is 0. The number of hydrogen-bond donors (Lipinski definition) is 2. The van der Waals surface area contributed by atoms with Crippen LogP contribution in [0.3, 0.4) is 0 Å². The molecule has 1 saturated heterocycles. The Hall–Kier alpha value is -2.40. The summed E-state index contributed by atoms with van der Waals surface area (Å²) in [4.78, 5) is 19.2. The Morgan fingerprint density at radius 1 is 1.19 bits per heavy atom. The molecule has 5 heteroatoms.